The standard InChI is InChI=1S/C23H21NO5/c1-16-7-10-18(11-8-16)29-20-6-4-3-5-19(20)24-23(26)15-28-21-12-9-17(14-25)13-22(21)27-2/h3-14H,15H2,1-2H3,(H,24,26). The van der Waals surface area contributed by atoms with Crippen molar-refractivity contribution in [2.24, 2.45) is 0 Å². The van der Waals surface area contributed by atoms with Gasteiger partial charge < -0.3 is 19.5 Å². The fourth-order valence-electron chi connectivity index (χ4n) is 2.60. The molecule has 0 saturated heterocycles. The summed E-state index contributed by atoms with van der Waals surface area (Å²) in [6.07, 6.45) is 0.712. The first-order valence-electron chi connectivity index (χ1n) is 8.98. The van der Waals surface area contributed by atoms with E-state index in [-0.39, 0.29) is 12.5 Å². The molecule has 0 aliphatic heterocycles. The summed E-state index contributed by atoms with van der Waals surface area (Å²) >= 11 is 0. The van der Waals surface area contributed by atoms with Gasteiger partial charge in [-0.2, -0.15) is 0 Å². The van der Waals surface area contributed by atoms with E-state index in [2.05, 4.69) is 5.32 Å². The molecule has 3 aromatic carbocycles. The molecule has 0 radical (unpaired) electrons. The molecule has 0 aliphatic carbocycles. The van der Waals surface area contributed by atoms with Crippen LogP contribution in [0.5, 0.6) is 23.0 Å². The van der Waals surface area contributed by atoms with Crippen molar-refractivity contribution in [2.75, 3.05) is 19.0 Å². The van der Waals surface area contributed by atoms with E-state index in [4.69, 9.17) is 14.2 Å². The van der Waals surface area contributed by atoms with Crippen LogP contribution in [0.2, 0.25) is 0 Å². The van der Waals surface area contributed by atoms with E-state index in [1.165, 1.54) is 7.11 Å². The van der Waals surface area contributed by atoms with Gasteiger partial charge in [0.05, 0.1) is 12.8 Å². The van der Waals surface area contributed by atoms with Crippen LogP contribution in [-0.2, 0) is 4.79 Å². The van der Waals surface area contributed by atoms with Crippen LogP contribution in [0.4, 0.5) is 5.69 Å². The van der Waals surface area contributed by atoms with Crippen LogP contribution >= 0.6 is 0 Å². The minimum absolute atomic E-state index is 0.227. The molecular weight excluding hydrogens is 370 g/mol. The number of nitrogens with one attached hydrogen (secondary N) is 1. The van der Waals surface area contributed by atoms with Crippen LogP contribution in [0.3, 0.4) is 0 Å². The summed E-state index contributed by atoms with van der Waals surface area (Å²) in [4.78, 5) is 23.2. The highest BCUT2D eigenvalue weighted by atomic mass is 16.5. The Hall–Kier alpha value is -3.80. The van der Waals surface area contributed by atoms with Crippen LogP contribution < -0.4 is 19.5 Å². The normalized spacial score (nSPS) is 10.1. The van der Waals surface area contributed by atoms with E-state index in [9.17, 15) is 9.59 Å². The van der Waals surface area contributed by atoms with Gasteiger partial charge in [-0.05, 0) is 49.4 Å². The van der Waals surface area contributed by atoms with Gasteiger partial charge in [0.1, 0.15) is 12.0 Å². The topological polar surface area (TPSA) is 73.9 Å². The second-order valence-corrected chi connectivity index (χ2v) is 6.28. The van der Waals surface area contributed by atoms with Crippen molar-refractivity contribution in [3.63, 3.8) is 0 Å². The number of carbonyl (C=O) groups excluding carboxylic acids is 2. The lowest BCUT2D eigenvalue weighted by Gasteiger charge is -2.14. The number of aldehydes is 1. The highest BCUT2D eigenvalue weighted by Crippen LogP contribution is 2.30. The van der Waals surface area contributed by atoms with Gasteiger partial charge in [-0.25, -0.2) is 0 Å². The predicted octanol–water partition coefficient (Wildman–Crippen LogP) is 4.63. The molecule has 0 bridgehead atoms. The molecule has 0 fully saturated rings. The SMILES string of the molecule is COc1cc(C=O)ccc1OCC(=O)Nc1ccccc1Oc1ccc(C)cc1. The van der Waals surface area contributed by atoms with Gasteiger partial charge in [0.2, 0.25) is 0 Å². The maximum absolute atomic E-state index is 12.4. The molecule has 0 atom stereocenters. The summed E-state index contributed by atoms with van der Waals surface area (Å²) in [5.41, 5.74) is 2.12. The summed E-state index contributed by atoms with van der Waals surface area (Å²) in [7, 11) is 1.47. The molecular formula is C23H21NO5. The van der Waals surface area contributed by atoms with Crippen molar-refractivity contribution in [3.05, 3.63) is 77.9 Å². The fourth-order valence-corrected chi connectivity index (χ4v) is 2.60. The first-order chi connectivity index (χ1) is 14.1. The second-order valence-electron chi connectivity index (χ2n) is 6.28. The number of carbonyl (C=O) groups is 2. The molecule has 0 unspecified atom stereocenters. The number of rotatable bonds is 8. The van der Waals surface area contributed by atoms with Crippen LogP contribution in [-0.4, -0.2) is 25.9 Å². The van der Waals surface area contributed by atoms with Crippen molar-refractivity contribution in [1.29, 1.82) is 0 Å². The Morgan fingerprint density at radius 2 is 1.72 bits per heavy atom. The number of para-hydroxylation sites is 2. The van der Waals surface area contributed by atoms with Crippen molar-refractivity contribution in [2.45, 2.75) is 6.92 Å². The minimum Gasteiger partial charge on any atom is -0.493 e. The van der Waals surface area contributed by atoms with E-state index >= 15 is 0 Å². The maximum Gasteiger partial charge on any atom is 0.262 e. The molecule has 0 aliphatic rings. The van der Waals surface area contributed by atoms with E-state index in [1.54, 1.807) is 36.4 Å². The lowest BCUT2D eigenvalue weighted by Crippen LogP contribution is -2.20. The number of hydrogen-bond donors (Lipinski definition) is 1. The Balaban J connectivity index is 1.65. The smallest absolute Gasteiger partial charge is 0.262 e. The van der Waals surface area contributed by atoms with E-state index < -0.39 is 0 Å². The molecule has 0 aromatic heterocycles. The number of benzene rings is 3. The molecule has 6 heteroatoms. The first-order valence-corrected chi connectivity index (χ1v) is 8.98. The van der Waals surface area contributed by atoms with Crippen molar-refractivity contribution >= 4 is 17.9 Å². The Kier molecular flexibility index (Phi) is 6.47. The lowest BCUT2D eigenvalue weighted by molar-refractivity contribution is -0.118. The lowest BCUT2D eigenvalue weighted by atomic mass is 10.2. The molecule has 3 rings (SSSR count). The van der Waals surface area contributed by atoms with Gasteiger partial charge >= 0.3 is 0 Å². The third-order valence-corrected chi connectivity index (χ3v) is 4.09. The second kappa shape index (κ2) is 9.41. The van der Waals surface area contributed by atoms with Gasteiger partial charge in [0.15, 0.2) is 23.9 Å². The third kappa shape index (κ3) is 5.35. The van der Waals surface area contributed by atoms with Crippen LogP contribution in [0.1, 0.15) is 15.9 Å². The Bertz CT molecular complexity index is 998. The van der Waals surface area contributed by atoms with Crippen molar-refractivity contribution < 1.29 is 23.8 Å². The number of aryl methyl sites for hydroxylation is 1. The van der Waals surface area contributed by atoms with Gasteiger partial charge in [-0.15, -0.1) is 0 Å². The molecule has 0 heterocycles. The summed E-state index contributed by atoms with van der Waals surface area (Å²) in [5, 5.41) is 2.79. The van der Waals surface area contributed by atoms with Crippen LogP contribution in [0.25, 0.3) is 0 Å². The molecule has 0 spiro atoms. The predicted molar refractivity (Wildman–Crippen MR) is 110 cm³/mol. The minimum atomic E-state index is -0.355. The van der Waals surface area contributed by atoms with E-state index in [0.717, 1.165) is 5.56 Å². The van der Waals surface area contributed by atoms with Crippen LogP contribution in [0.15, 0.2) is 66.7 Å². The zero-order valence-corrected chi connectivity index (χ0v) is 16.2. The van der Waals surface area contributed by atoms with Gasteiger partial charge in [-0.3, -0.25) is 9.59 Å². The third-order valence-electron chi connectivity index (χ3n) is 4.09. The zero-order valence-electron chi connectivity index (χ0n) is 16.2. The average Bonchev–Trinajstić information content (AvgIpc) is 2.75. The van der Waals surface area contributed by atoms with Gasteiger partial charge in [0.25, 0.3) is 5.91 Å². The first kappa shape index (κ1) is 19.9. The summed E-state index contributed by atoms with van der Waals surface area (Å²) in [6.45, 7) is 1.77. The number of hydrogen-bond acceptors (Lipinski definition) is 5. The largest absolute Gasteiger partial charge is 0.493 e. The molecule has 29 heavy (non-hydrogen) atoms. The number of anilines is 1. The quantitative estimate of drug-likeness (QED) is 0.567. The molecule has 0 saturated carbocycles. The van der Waals surface area contributed by atoms with Crippen molar-refractivity contribution in [3.8, 4) is 23.0 Å². The van der Waals surface area contributed by atoms with Gasteiger partial charge in [0, 0.05) is 5.56 Å². The fraction of sp³-hybridized carbons (Fsp3) is 0.130. The summed E-state index contributed by atoms with van der Waals surface area (Å²) in [5.74, 6) is 1.60. The van der Waals surface area contributed by atoms with Gasteiger partial charge in [-0.1, -0.05) is 29.8 Å². The molecule has 148 valence electrons. The highest BCUT2D eigenvalue weighted by molar-refractivity contribution is 5.93. The Labute approximate surface area is 169 Å². The maximum atomic E-state index is 12.4. The molecule has 6 nitrogen and oxygen atoms in total. The van der Waals surface area contributed by atoms with Crippen molar-refractivity contribution in [1.82, 2.24) is 0 Å². The number of amides is 1. The Morgan fingerprint density at radius 1 is 0.966 bits per heavy atom. The number of ether oxygens (including phenoxy) is 3. The molecule has 3 aromatic rings. The summed E-state index contributed by atoms with van der Waals surface area (Å²) in [6, 6.07) is 19.5. The molecule has 1 amide bonds. The van der Waals surface area contributed by atoms with E-state index in [0.29, 0.717) is 40.5 Å². The van der Waals surface area contributed by atoms with Crippen LogP contribution in [0, 0.1) is 6.92 Å². The number of methoxy groups -OCH3 is 1. The molecule has 1 N–H and O–H groups in total. The summed E-state index contributed by atoms with van der Waals surface area (Å²) < 4.78 is 16.6. The van der Waals surface area contributed by atoms with E-state index in [1.807, 2.05) is 37.3 Å². The zero-order chi connectivity index (χ0) is 20.6. The average molecular weight is 391 g/mol. The Morgan fingerprint density at radius 3 is 2.45 bits per heavy atom. The highest BCUT2D eigenvalue weighted by Gasteiger charge is 2.11. The monoisotopic (exact) mass is 391 g/mol.